The molecule has 0 heterocycles. The van der Waals surface area contributed by atoms with Gasteiger partial charge in [0, 0.05) is 18.2 Å². The van der Waals surface area contributed by atoms with E-state index >= 15 is 0 Å². The largest absolute Gasteiger partial charge is 0.481 e. The highest BCUT2D eigenvalue weighted by Gasteiger charge is 2.44. The van der Waals surface area contributed by atoms with E-state index in [1.807, 2.05) is 0 Å². The van der Waals surface area contributed by atoms with Crippen molar-refractivity contribution in [2.45, 2.75) is 18.5 Å². The summed E-state index contributed by atoms with van der Waals surface area (Å²) >= 11 is 1.22. The van der Waals surface area contributed by atoms with Crippen molar-refractivity contribution in [1.82, 2.24) is 5.32 Å². The predicted molar refractivity (Wildman–Crippen MR) is 80.3 cm³/mol. The molecule has 0 aromatic heterocycles. The molecule has 4 nitrogen and oxygen atoms in total. The van der Waals surface area contributed by atoms with Crippen LogP contribution in [0.4, 0.5) is 13.2 Å². The number of carboxylic acid groups (broad SMARTS) is 1. The van der Waals surface area contributed by atoms with Gasteiger partial charge >= 0.3 is 12.1 Å². The Balaban J connectivity index is 1.76. The topological polar surface area (TPSA) is 66.4 Å². The summed E-state index contributed by atoms with van der Waals surface area (Å²) in [4.78, 5) is 22.2. The van der Waals surface area contributed by atoms with E-state index in [0.29, 0.717) is 18.7 Å². The maximum Gasteiger partial charge on any atom is 0.416 e. The van der Waals surface area contributed by atoms with Crippen LogP contribution in [-0.4, -0.2) is 35.0 Å². The van der Waals surface area contributed by atoms with Gasteiger partial charge in [-0.25, -0.2) is 0 Å². The second-order valence-electron chi connectivity index (χ2n) is 5.31. The molecule has 0 saturated heterocycles. The number of halogens is 3. The lowest BCUT2D eigenvalue weighted by Crippen LogP contribution is -2.27. The zero-order chi connectivity index (χ0) is 17.0. The summed E-state index contributed by atoms with van der Waals surface area (Å²) in [7, 11) is 0. The summed E-state index contributed by atoms with van der Waals surface area (Å²) in [5, 5.41) is 11.2. The number of aliphatic carboxylic acids is 1. The molecular formula is C15H16F3NO3S. The van der Waals surface area contributed by atoms with Crippen LogP contribution in [0.1, 0.15) is 23.5 Å². The van der Waals surface area contributed by atoms with Crippen LogP contribution in [0.25, 0.3) is 0 Å². The third-order valence-electron chi connectivity index (χ3n) is 3.56. The molecule has 1 aliphatic carbocycles. The highest BCUT2D eigenvalue weighted by Crippen LogP contribution is 2.47. The van der Waals surface area contributed by atoms with Crippen molar-refractivity contribution in [3.8, 4) is 0 Å². The number of hydrogen-bond acceptors (Lipinski definition) is 3. The first-order valence-corrected chi connectivity index (χ1v) is 8.19. The van der Waals surface area contributed by atoms with E-state index in [4.69, 9.17) is 5.11 Å². The molecule has 0 spiro atoms. The molecule has 1 amide bonds. The van der Waals surface area contributed by atoms with E-state index in [1.54, 1.807) is 0 Å². The van der Waals surface area contributed by atoms with Crippen molar-refractivity contribution in [2.24, 2.45) is 5.92 Å². The van der Waals surface area contributed by atoms with Gasteiger partial charge in [0.25, 0.3) is 0 Å². The molecule has 126 valence electrons. The van der Waals surface area contributed by atoms with Crippen molar-refractivity contribution < 1.29 is 27.9 Å². The number of alkyl halides is 3. The molecule has 2 rings (SSSR count). The van der Waals surface area contributed by atoms with Crippen LogP contribution in [0.15, 0.2) is 24.3 Å². The number of carbonyl (C=O) groups is 2. The predicted octanol–water partition coefficient (Wildman–Crippen LogP) is 2.74. The van der Waals surface area contributed by atoms with Crippen molar-refractivity contribution in [1.29, 1.82) is 0 Å². The summed E-state index contributed by atoms with van der Waals surface area (Å²) < 4.78 is 37.5. The average Bonchev–Trinajstić information content (AvgIpc) is 3.26. The third kappa shape index (κ3) is 5.16. The Morgan fingerprint density at radius 1 is 1.26 bits per heavy atom. The maximum atomic E-state index is 12.5. The minimum Gasteiger partial charge on any atom is -0.481 e. The van der Waals surface area contributed by atoms with E-state index < -0.39 is 17.7 Å². The Morgan fingerprint density at radius 3 is 2.48 bits per heavy atom. The van der Waals surface area contributed by atoms with E-state index in [2.05, 4.69) is 5.32 Å². The summed E-state index contributed by atoms with van der Waals surface area (Å²) in [5.74, 6) is -0.778. The number of carboxylic acids is 1. The molecule has 1 saturated carbocycles. The van der Waals surface area contributed by atoms with Crippen LogP contribution in [0.3, 0.4) is 0 Å². The fourth-order valence-corrected chi connectivity index (χ4v) is 2.87. The molecule has 0 aliphatic heterocycles. The summed E-state index contributed by atoms with van der Waals surface area (Å²) in [5.41, 5.74) is 0.0387. The number of nitrogens with one attached hydrogen (secondary N) is 1. The van der Waals surface area contributed by atoms with Gasteiger partial charge in [0.1, 0.15) is 0 Å². The van der Waals surface area contributed by atoms with Crippen LogP contribution >= 0.6 is 11.8 Å². The number of thioether (sulfide) groups is 1. The molecule has 23 heavy (non-hydrogen) atoms. The fourth-order valence-electron chi connectivity index (χ4n) is 2.31. The molecule has 8 heteroatoms. The quantitative estimate of drug-likeness (QED) is 0.745. The smallest absolute Gasteiger partial charge is 0.416 e. The van der Waals surface area contributed by atoms with E-state index in [9.17, 15) is 22.8 Å². The molecule has 1 aliphatic rings. The zero-order valence-electron chi connectivity index (χ0n) is 12.1. The van der Waals surface area contributed by atoms with E-state index in [-0.39, 0.29) is 23.5 Å². The van der Waals surface area contributed by atoms with Crippen molar-refractivity contribution in [3.05, 3.63) is 35.4 Å². The number of benzene rings is 1. The molecule has 0 radical (unpaired) electrons. The Labute approximate surface area is 135 Å². The highest BCUT2D eigenvalue weighted by molar-refractivity contribution is 7.99. The second kappa shape index (κ2) is 7.25. The van der Waals surface area contributed by atoms with Crippen LogP contribution in [-0.2, 0) is 15.8 Å². The lowest BCUT2D eigenvalue weighted by Gasteiger charge is -2.08. The molecule has 1 fully saturated rings. The van der Waals surface area contributed by atoms with Crippen molar-refractivity contribution in [2.75, 3.05) is 18.1 Å². The van der Waals surface area contributed by atoms with Gasteiger partial charge in [-0.15, -0.1) is 11.8 Å². The van der Waals surface area contributed by atoms with Gasteiger partial charge in [-0.3, -0.25) is 9.59 Å². The van der Waals surface area contributed by atoms with Crippen molar-refractivity contribution >= 4 is 23.6 Å². The molecule has 2 unspecified atom stereocenters. The molecule has 1 aromatic carbocycles. The van der Waals surface area contributed by atoms with Gasteiger partial charge in [-0.2, -0.15) is 13.2 Å². The molecular weight excluding hydrogens is 331 g/mol. The van der Waals surface area contributed by atoms with Gasteiger partial charge in [-0.1, -0.05) is 12.1 Å². The molecule has 1 aromatic rings. The first-order chi connectivity index (χ1) is 10.8. The lowest BCUT2D eigenvalue weighted by molar-refractivity contribution is -0.137. The zero-order valence-corrected chi connectivity index (χ0v) is 12.9. The van der Waals surface area contributed by atoms with Crippen LogP contribution in [0.5, 0.6) is 0 Å². The second-order valence-corrected chi connectivity index (χ2v) is 6.41. The fraction of sp³-hybridized carbons (Fsp3) is 0.467. The first kappa shape index (κ1) is 17.7. The van der Waals surface area contributed by atoms with Gasteiger partial charge in [0.2, 0.25) is 5.91 Å². The Morgan fingerprint density at radius 2 is 1.91 bits per heavy atom. The van der Waals surface area contributed by atoms with Crippen molar-refractivity contribution in [3.63, 3.8) is 0 Å². The first-order valence-electron chi connectivity index (χ1n) is 7.03. The van der Waals surface area contributed by atoms with Gasteiger partial charge in [0.15, 0.2) is 0 Å². The number of carbonyl (C=O) groups excluding carboxylic acids is 1. The Bertz CT molecular complexity index is 574. The minimum atomic E-state index is -4.35. The van der Waals surface area contributed by atoms with E-state index in [1.165, 1.54) is 23.9 Å². The van der Waals surface area contributed by atoms with Crippen LogP contribution in [0.2, 0.25) is 0 Å². The normalized spacial score (nSPS) is 20.1. The number of amides is 1. The van der Waals surface area contributed by atoms with Gasteiger partial charge in [-0.05, 0) is 30.0 Å². The highest BCUT2D eigenvalue weighted by atomic mass is 32.2. The lowest BCUT2D eigenvalue weighted by atomic mass is 10.1. The maximum absolute atomic E-state index is 12.5. The minimum absolute atomic E-state index is 0.00647. The Kier molecular flexibility index (Phi) is 5.56. The summed E-state index contributed by atoms with van der Waals surface area (Å²) in [6, 6.07) is 4.91. The third-order valence-corrected chi connectivity index (χ3v) is 4.51. The number of rotatable bonds is 7. The standard InChI is InChI=1S/C15H16F3NO3S/c16-15(17,18)10-3-1-9(2-4-10)11-7-12(11)14(22)19-5-6-23-8-13(20)21/h1-4,11-12H,5-8H2,(H,19,22)(H,20,21). The van der Waals surface area contributed by atoms with Crippen LogP contribution < -0.4 is 5.32 Å². The summed E-state index contributed by atoms with van der Waals surface area (Å²) in [6.45, 7) is 0.382. The molecule has 2 atom stereocenters. The number of hydrogen-bond donors (Lipinski definition) is 2. The van der Waals surface area contributed by atoms with Gasteiger partial charge < -0.3 is 10.4 Å². The Hall–Kier alpha value is -1.70. The molecule has 2 N–H and O–H groups in total. The van der Waals surface area contributed by atoms with Gasteiger partial charge in [0.05, 0.1) is 11.3 Å². The van der Waals surface area contributed by atoms with E-state index in [0.717, 1.165) is 17.7 Å². The molecule has 0 bridgehead atoms. The monoisotopic (exact) mass is 347 g/mol. The summed E-state index contributed by atoms with van der Waals surface area (Å²) in [6.07, 6.45) is -3.73. The SMILES string of the molecule is O=C(O)CSCCNC(=O)C1CC1c1ccc(C(F)(F)F)cc1. The van der Waals surface area contributed by atoms with Crippen LogP contribution in [0, 0.1) is 5.92 Å². The average molecular weight is 347 g/mol.